The van der Waals surface area contributed by atoms with Gasteiger partial charge in [0, 0.05) is 12.1 Å². The first-order valence-corrected chi connectivity index (χ1v) is 6.01. The molecule has 2 nitrogen and oxygen atoms in total. The van der Waals surface area contributed by atoms with E-state index in [2.05, 4.69) is 17.5 Å². The highest BCUT2D eigenvalue weighted by Gasteiger charge is 2.25. The summed E-state index contributed by atoms with van der Waals surface area (Å²) in [5, 5.41) is 3.78. The minimum absolute atomic E-state index is 0.693. The first kappa shape index (κ1) is 10.2. The van der Waals surface area contributed by atoms with E-state index >= 15 is 0 Å². The third-order valence-corrected chi connectivity index (χ3v) is 3.67. The van der Waals surface area contributed by atoms with Gasteiger partial charge in [-0.1, -0.05) is 25.0 Å². The molecule has 3 N–H and O–H groups in total. The largest absolute Gasteiger partial charge is 0.330 e. The van der Waals surface area contributed by atoms with Gasteiger partial charge in [-0.25, -0.2) is 0 Å². The Bertz CT molecular complexity index is 192. The Morgan fingerprint density at radius 1 is 1.14 bits per heavy atom. The molecule has 2 heteroatoms. The van der Waals surface area contributed by atoms with Crippen LogP contribution >= 0.6 is 0 Å². The zero-order chi connectivity index (χ0) is 9.80. The van der Waals surface area contributed by atoms with E-state index in [-0.39, 0.29) is 0 Å². The summed E-state index contributed by atoms with van der Waals surface area (Å²) in [6.45, 7) is 0.859. The fraction of sp³-hybridized carbons (Fsp3) is 0.833. The molecule has 0 amide bonds. The molecule has 0 aromatic rings. The predicted octanol–water partition coefficient (Wildman–Crippen LogP) is 1.81. The van der Waals surface area contributed by atoms with Gasteiger partial charge in [-0.15, -0.1) is 0 Å². The second-order valence-corrected chi connectivity index (χ2v) is 4.69. The average molecular weight is 194 g/mol. The minimum atomic E-state index is 0.693. The highest BCUT2D eigenvalue weighted by Crippen LogP contribution is 2.25. The van der Waals surface area contributed by atoms with E-state index in [1.54, 1.807) is 0 Å². The van der Waals surface area contributed by atoms with Gasteiger partial charge >= 0.3 is 0 Å². The molecule has 1 fully saturated rings. The van der Waals surface area contributed by atoms with Crippen LogP contribution in [0.4, 0.5) is 0 Å². The van der Waals surface area contributed by atoms with Crippen LogP contribution in [0.3, 0.4) is 0 Å². The molecule has 0 radical (unpaired) electrons. The third kappa shape index (κ3) is 2.37. The van der Waals surface area contributed by atoms with Crippen molar-refractivity contribution in [1.29, 1.82) is 0 Å². The van der Waals surface area contributed by atoms with Crippen molar-refractivity contribution in [3.8, 4) is 0 Å². The maximum absolute atomic E-state index is 5.81. The molecule has 2 rings (SSSR count). The Morgan fingerprint density at radius 2 is 1.86 bits per heavy atom. The molecule has 0 aromatic heterocycles. The van der Waals surface area contributed by atoms with Crippen molar-refractivity contribution in [2.75, 3.05) is 6.54 Å². The summed E-state index contributed by atoms with van der Waals surface area (Å²) in [6.07, 6.45) is 12.4. The smallest absolute Gasteiger partial charge is 0.0139 e. The van der Waals surface area contributed by atoms with Crippen LogP contribution in [0, 0.1) is 5.92 Å². The molecule has 2 aliphatic rings. The standard InChI is InChI=1S/C12H22N2/c13-9-10-5-1-4-8-12(10)14-11-6-2-3-7-11/h2-3,10-12,14H,1,4-9,13H2. The van der Waals surface area contributed by atoms with Crippen LogP contribution in [0.25, 0.3) is 0 Å². The molecule has 0 aliphatic heterocycles. The number of rotatable bonds is 3. The molecule has 14 heavy (non-hydrogen) atoms. The fourth-order valence-electron chi connectivity index (χ4n) is 2.77. The first-order valence-electron chi connectivity index (χ1n) is 6.01. The van der Waals surface area contributed by atoms with E-state index in [9.17, 15) is 0 Å². The minimum Gasteiger partial charge on any atom is -0.330 e. The van der Waals surface area contributed by atoms with Crippen molar-refractivity contribution in [2.45, 2.75) is 50.6 Å². The molecule has 2 aliphatic carbocycles. The van der Waals surface area contributed by atoms with Crippen molar-refractivity contribution < 1.29 is 0 Å². The lowest BCUT2D eigenvalue weighted by atomic mass is 9.84. The topological polar surface area (TPSA) is 38.0 Å². The van der Waals surface area contributed by atoms with Gasteiger partial charge in [0.1, 0.15) is 0 Å². The van der Waals surface area contributed by atoms with Crippen molar-refractivity contribution in [3.63, 3.8) is 0 Å². The van der Waals surface area contributed by atoms with Gasteiger partial charge in [-0.05, 0) is 38.1 Å². The SMILES string of the molecule is NCC1CCCCC1NC1CC=CC1. The second-order valence-electron chi connectivity index (χ2n) is 4.69. The van der Waals surface area contributed by atoms with Crippen molar-refractivity contribution in [3.05, 3.63) is 12.2 Å². The van der Waals surface area contributed by atoms with Gasteiger partial charge in [0.15, 0.2) is 0 Å². The molecule has 2 unspecified atom stereocenters. The van der Waals surface area contributed by atoms with Crippen LogP contribution < -0.4 is 11.1 Å². The summed E-state index contributed by atoms with van der Waals surface area (Å²) < 4.78 is 0. The van der Waals surface area contributed by atoms with Gasteiger partial charge in [0.05, 0.1) is 0 Å². The third-order valence-electron chi connectivity index (χ3n) is 3.67. The lowest BCUT2D eigenvalue weighted by Gasteiger charge is -2.33. The van der Waals surface area contributed by atoms with Crippen molar-refractivity contribution in [1.82, 2.24) is 5.32 Å². The van der Waals surface area contributed by atoms with Crippen LogP contribution in [-0.2, 0) is 0 Å². The van der Waals surface area contributed by atoms with E-state index in [0.717, 1.165) is 12.5 Å². The quantitative estimate of drug-likeness (QED) is 0.672. The number of nitrogens with one attached hydrogen (secondary N) is 1. The summed E-state index contributed by atoms with van der Waals surface area (Å²) in [5.74, 6) is 0.726. The molecule has 0 spiro atoms. The van der Waals surface area contributed by atoms with Crippen LogP contribution in [0.5, 0.6) is 0 Å². The molecule has 0 heterocycles. The van der Waals surface area contributed by atoms with Crippen LogP contribution in [-0.4, -0.2) is 18.6 Å². The molecular weight excluding hydrogens is 172 g/mol. The number of nitrogens with two attached hydrogens (primary N) is 1. The van der Waals surface area contributed by atoms with Gasteiger partial charge in [0.25, 0.3) is 0 Å². The molecule has 80 valence electrons. The summed E-state index contributed by atoms with van der Waals surface area (Å²) in [6, 6.07) is 1.39. The molecule has 2 atom stereocenters. The number of hydrogen-bond donors (Lipinski definition) is 2. The van der Waals surface area contributed by atoms with E-state index in [1.807, 2.05) is 0 Å². The molecular formula is C12H22N2. The first-order chi connectivity index (χ1) is 6.90. The number of hydrogen-bond acceptors (Lipinski definition) is 2. The Labute approximate surface area is 86.9 Å². The Balaban J connectivity index is 1.81. The van der Waals surface area contributed by atoms with E-state index in [0.29, 0.717) is 12.1 Å². The van der Waals surface area contributed by atoms with Crippen molar-refractivity contribution in [2.24, 2.45) is 11.7 Å². The molecule has 0 aromatic carbocycles. The van der Waals surface area contributed by atoms with E-state index in [1.165, 1.54) is 38.5 Å². The predicted molar refractivity (Wildman–Crippen MR) is 60.1 cm³/mol. The lowest BCUT2D eigenvalue weighted by Crippen LogP contribution is -2.45. The monoisotopic (exact) mass is 194 g/mol. The summed E-state index contributed by atoms with van der Waals surface area (Å²) in [4.78, 5) is 0. The van der Waals surface area contributed by atoms with Gasteiger partial charge in [-0.3, -0.25) is 0 Å². The summed E-state index contributed by atoms with van der Waals surface area (Å²) >= 11 is 0. The Hall–Kier alpha value is -0.340. The zero-order valence-corrected chi connectivity index (χ0v) is 8.91. The molecule has 0 bridgehead atoms. The van der Waals surface area contributed by atoms with Crippen LogP contribution in [0.1, 0.15) is 38.5 Å². The highest BCUT2D eigenvalue weighted by atomic mass is 15.0. The van der Waals surface area contributed by atoms with E-state index in [4.69, 9.17) is 5.73 Å². The summed E-state index contributed by atoms with van der Waals surface area (Å²) in [5.41, 5.74) is 5.81. The molecule has 1 saturated carbocycles. The normalized spacial score (nSPS) is 33.8. The summed E-state index contributed by atoms with van der Waals surface area (Å²) in [7, 11) is 0. The fourth-order valence-corrected chi connectivity index (χ4v) is 2.77. The lowest BCUT2D eigenvalue weighted by molar-refractivity contribution is 0.249. The van der Waals surface area contributed by atoms with Gasteiger partial charge in [0.2, 0.25) is 0 Å². The Morgan fingerprint density at radius 3 is 2.57 bits per heavy atom. The van der Waals surface area contributed by atoms with Gasteiger partial charge in [-0.2, -0.15) is 0 Å². The maximum Gasteiger partial charge on any atom is 0.0139 e. The second kappa shape index (κ2) is 4.94. The average Bonchev–Trinajstić information content (AvgIpc) is 2.71. The maximum atomic E-state index is 5.81. The van der Waals surface area contributed by atoms with Crippen LogP contribution in [0.15, 0.2) is 12.2 Å². The van der Waals surface area contributed by atoms with E-state index < -0.39 is 0 Å². The zero-order valence-electron chi connectivity index (χ0n) is 8.91. The highest BCUT2D eigenvalue weighted by molar-refractivity contribution is 4.99. The van der Waals surface area contributed by atoms with Crippen LogP contribution in [0.2, 0.25) is 0 Å². The van der Waals surface area contributed by atoms with Gasteiger partial charge < -0.3 is 11.1 Å². The van der Waals surface area contributed by atoms with Crippen molar-refractivity contribution >= 4 is 0 Å². The Kier molecular flexibility index (Phi) is 3.60. The molecule has 0 saturated heterocycles.